The predicted octanol–water partition coefficient (Wildman–Crippen LogP) is 4.31. The zero-order chi connectivity index (χ0) is 13.7. The Kier molecular flexibility index (Phi) is 4.74. The fourth-order valence-electron chi connectivity index (χ4n) is 1.54. The Labute approximate surface area is 113 Å². The molecule has 0 fully saturated rings. The lowest BCUT2D eigenvalue weighted by molar-refractivity contribution is 0.577. The third-order valence-corrected chi connectivity index (χ3v) is 3.47. The standard InChI is InChI=1S/C14H12F3NS/c15-10-5-6-12(17)14(9-10)19-8-7-18-13-4-2-1-3-11(13)16/h1-6,9,18H,7-8H2. The summed E-state index contributed by atoms with van der Waals surface area (Å²) >= 11 is 1.19. The number of para-hydroxylation sites is 1. The van der Waals surface area contributed by atoms with E-state index in [0.717, 1.165) is 18.2 Å². The van der Waals surface area contributed by atoms with Crippen molar-refractivity contribution in [2.75, 3.05) is 17.6 Å². The van der Waals surface area contributed by atoms with E-state index in [2.05, 4.69) is 5.32 Å². The van der Waals surface area contributed by atoms with Crippen molar-refractivity contribution in [2.45, 2.75) is 4.90 Å². The van der Waals surface area contributed by atoms with E-state index in [0.29, 0.717) is 18.0 Å². The molecular weight excluding hydrogens is 271 g/mol. The van der Waals surface area contributed by atoms with Crippen LogP contribution >= 0.6 is 11.8 Å². The van der Waals surface area contributed by atoms with Gasteiger partial charge in [-0.25, -0.2) is 13.2 Å². The van der Waals surface area contributed by atoms with Crippen LogP contribution in [0.2, 0.25) is 0 Å². The zero-order valence-corrected chi connectivity index (χ0v) is 10.8. The minimum absolute atomic E-state index is 0.260. The van der Waals surface area contributed by atoms with Crippen molar-refractivity contribution in [1.29, 1.82) is 0 Å². The quantitative estimate of drug-likeness (QED) is 0.648. The van der Waals surface area contributed by atoms with Crippen molar-refractivity contribution in [1.82, 2.24) is 0 Å². The summed E-state index contributed by atoms with van der Waals surface area (Å²) in [7, 11) is 0. The molecule has 2 rings (SSSR count). The predicted molar refractivity (Wildman–Crippen MR) is 72.0 cm³/mol. The van der Waals surface area contributed by atoms with Crippen LogP contribution in [0.5, 0.6) is 0 Å². The van der Waals surface area contributed by atoms with Gasteiger partial charge in [0.1, 0.15) is 17.5 Å². The minimum Gasteiger partial charge on any atom is -0.382 e. The maximum absolute atomic E-state index is 13.3. The van der Waals surface area contributed by atoms with Crippen molar-refractivity contribution in [3.63, 3.8) is 0 Å². The molecule has 1 N–H and O–H groups in total. The maximum atomic E-state index is 13.3. The SMILES string of the molecule is Fc1ccc(F)c(SCCNc2ccccc2F)c1. The molecular formula is C14H12F3NS. The Bertz CT molecular complexity index is 560. The molecule has 0 aliphatic heterocycles. The summed E-state index contributed by atoms with van der Waals surface area (Å²) < 4.78 is 39.5. The van der Waals surface area contributed by atoms with Crippen LogP contribution in [0.3, 0.4) is 0 Å². The molecule has 19 heavy (non-hydrogen) atoms. The molecule has 0 aliphatic rings. The first-order valence-corrected chi connectivity index (χ1v) is 6.71. The van der Waals surface area contributed by atoms with Gasteiger partial charge in [-0.1, -0.05) is 12.1 Å². The normalized spacial score (nSPS) is 10.5. The molecule has 0 bridgehead atoms. The van der Waals surface area contributed by atoms with E-state index >= 15 is 0 Å². The molecule has 0 aliphatic carbocycles. The summed E-state index contributed by atoms with van der Waals surface area (Å²) in [6.07, 6.45) is 0. The summed E-state index contributed by atoms with van der Waals surface area (Å²) in [5.41, 5.74) is 0.405. The Morgan fingerprint density at radius 2 is 1.74 bits per heavy atom. The van der Waals surface area contributed by atoms with Gasteiger partial charge >= 0.3 is 0 Å². The van der Waals surface area contributed by atoms with Crippen molar-refractivity contribution < 1.29 is 13.2 Å². The van der Waals surface area contributed by atoms with Crippen LogP contribution in [0.4, 0.5) is 18.9 Å². The molecule has 0 atom stereocenters. The average Bonchev–Trinajstić information content (AvgIpc) is 2.40. The first-order valence-electron chi connectivity index (χ1n) is 5.73. The number of benzene rings is 2. The third-order valence-electron chi connectivity index (χ3n) is 2.44. The van der Waals surface area contributed by atoms with Gasteiger partial charge in [-0.2, -0.15) is 0 Å². The highest BCUT2D eigenvalue weighted by Gasteiger charge is 2.04. The molecule has 2 aromatic carbocycles. The van der Waals surface area contributed by atoms with Crippen molar-refractivity contribution in [3.05, 3.63) is 59.9 Å². The van der Waals surface area contributed by atoms with Crippen LogP contribution in [0, 0.1) is 17.5 Å². The summed E-state index contributed by atoms with van der Waals surface area (Å²) in [6.45, 7) is 0.460. The topological polar surface area (TPSA) is 12.0 Å². The highest BCUT2D eigenvalue weighted by Crippen LogP contribution is 2.22. The van der Waals surface area contributed by atoms with Gasteiger partial charge in [-0.15, -0.1) is 11.8 Å². The monoisotopic (exact) mass is 283 g/mol. The lowest BCUT2D eigenvalue weighted by Crippen LogP contribution is -2.05. The van der Waals surface area contributed by atoms with Crippen molar-refractivity contribution >= 4 is 17.4 Å². The van der Waals surface area contributed by atoms with Gasteiger partial charge in [0.15, 0.2) is 0 Å². The second-order valence-electron chi connectivity index (χ2n) is 3.83. The summed E-state index contributed by atoms with van der Waals surface area (Å²) in [5, 5.41) is 2.91. The van der Waals surface area contributed by atoms with Gasteiger partial charge in [-0.05, 0) is 30.3 Å². The van der Waals surface area contributed by atoms with Gasteiger partial charge in [0.2, 0.25) is 0 Å². The van der Waals surface area contributed by atoms with Crippen LogP contribution < -0.4 is 5.32 Å². The van der Waals surface area contributed by atoms with Crippen LogP contribution in [0.25, 0.3) is 0 Å². The second kappa shape index (κ2) is 6.52. The number of rotatable bonds is 5. The lowest BCUT2D eigenvalue weighted by atomic mass is 10.3. The van der Waals surface area contributed by atoms with Crippen LogP contribution in [-0.4, -0.2) is 12.3 Å². The van der Waals surface area contributed by atoms with Crippen LogP contribution in [0.15, 0.2) is 47.4 Å². The summed E-state index contributed by atoms with van der Waals surface area (Å²) in [4.78, 5) is 0.260. The third kappa shape index (κ3) is 3.92. The number of hydrogen-bond acceptors (Lipinski definition) is 2. The molecule has 0 saturated heterocycles. The molecule has 0 amide bonds. The van der Waals surface area contributed by atoms with E-state index in [4.69, 9.17) is 0 Å². The van der Waals surface area contributed by atoms with Gasteiger partial charge in [0, 0.05) is 17.2 Å². The first kappa shape index (κ1) is 13.8. The molecule has 0 unspecified atom stereocenters. The number of nitrogens with one attached hydrogen (secondary N) is 1. The lowest BCUT2D eigenvalue weighted by Gasteiger charge is -2.07. The maximum Gasteiger partial charge on any atom is 0.146 e. The highest BCUT2D eigenvalue weighted by molar-refractivity contribution is 7.99. The molecule has 0 aromatic heterocycles. The number of thioether (sulfide) groups is 1. The van der Waals surface area contributed by atoms with E-state index in [-0.39, 0.29) is 10.7 Å². The van der Waals surface area contributed by atoms with E-state index in [1.807, 2.05) is 0 Å². The Morgan fingerprint density at radius 3 is 2.53 bits per heavy atom. The van der Waals surface area contributed by atoms with Crippen molar-refractivity contribution in [2.24, 2.45) is 0 Å². The highest BCUT2D eigenvalue weighted by atomic mass is 32.2. The second-order valence-corrected chi connectivity index (χ2v) is 4.97. The zero-order valence-electron chi connectivity index (χ0n) is 10.00. The van der Waals surface area contributed by atoms with Gasteiger partial charge in [0.05, 0.1) is 5.69 Å². The number of anilines is 1. The van der Waals surface area contributed by atoms with E-state index in [9.17, 15) is 13.2 Å². The molecule has 5 heteroatoms. The fraction of sp³-hybridized carbons (Fsp3) is 0.143. The smallest absolute Gasteiger partial charge is 0.146 e. The summed E-state index contributed by atoms with van der Waals surface area (Å²) in [5.74, 6) is -0.734. The van der Waals surface area contributed by atoms with E-state index in [1.54, 1.807) is 18.2 Å². The number of hydrogen-bond donors (Lipinski definition) is 1. The molecule has 1 nitrogen and oxygen atoms in total. The van der Waals surface area contributed by atoms with Crippen molar-refractivity contribution in [3.8, 4) is 0 Å². The Morgan fingerprint density at radius 1 is 0.947 bits per heavy atom. The Balaban J connectivity index is 1.84. The molecule has 0 radical (unpaired) electrons. The van der Waals surface area contributed by atoms with E-state index in [1.165, 1.54) is 17.8 Å². The fourth-order valence-corrected chi connectivity index (χ4v) is 2.36. The molecule has 2 aromatic rings. The number of halogens is 3. The minimum atomic E-state index is -0.467. The van der Waals surface area contributed by atoms with Crippen LogP contribution in [-0.2, 0) is 0 Å². The summed E-state index contributed by atoms with van der Waals surface area (Å²) in [6, 6.07) is 9.66. The van der Waals surface area contributed by atoms with Crippen LogP contribution in [0.1, 0.15) is 0 Å². The van der Waals surface area contributed by atoms with Gasteiger partial charge in [0.25, 0.3) is 0 Å². The molecule has 0 spiro atoms. The molecule has 0 saturated carbocycles. The average molecular weight is 283 g/mol. The molecule has 0 heterocycles. The van der Waals surface area contributed by atoms with Gasteiger partial charge in [-0.3, -0.25) is 0 Å². The largest absolute Gasteiger partial charge is 0.382 e. The first-order chi connectivity index (χ1) is 9.16. The molecule has 100 valence electrons. The van der Waals surface area contributed by atoms with E-state index < -0.39 is 11.6 Å². The van der Waals surface area contributed by atoms with Gasteiger partial charge < -0.3 is 5.32 Å². The Hall–Kier alpha value is -1.62.